The minimum absolute atomic E-state index is 0.0134. The van der Waals surface area contributed by atoms with Crippen LogP contribution >= 0.6 is 0 Å². The van der Waals surface area contributed by atoms with Gasteiger partial charge in [-0.15, -0.1) is 0 Å². The van der Waals surface area contributed by atoms with Crippen molar-refractivity contribution in [3.8, 4) is 6.07 Å². The van der Waals surface area contributed by atoms with E-state index in [1.165, 1.54) is 0 Å². The van der Waals surface area contributed by atoms with E-state index in [0.29, 0.717) is 13.1 Å². The molecule has 0 saturated heterocycles. The van der Waals surface area contributed by atoms with Crippen LogP contribution in [0, 0.1) is 17.2 Å². The maximum absolute atomic E-state index is 11.7. The van der Waals surface area contributed by atoms with Crippen LogP contribution in [-0.2, 0) is 4.79 Å². The number of nitrogens with one attached hydrogen (secondary N) is 1. The first kappa shape index (κ1) is 14.9. The van der Waals surface area contributed by atoms with Crippen molar-refractivity contribution in [2.45, 2.75) is 40.2 Å². The fourth-order valence-electron chi connectivity index (χ4n) is 1.39. The van der Waals surface area contributed by atoms with Gasteiger partial charge < -0.3 is 5.32 Å². The van der Waals surface area contributed by atoms with Gasteiger partial charge in [-0.05, 0) is 34.2 Å². The summed E-state index contributed by atoms with van der Waals surface area (Å²) in [4.78, 5) is 13.6. The highest BCUT2D eigenvalue weighted by Crippen LogP contribution is 2.01. The van der Waals surface area contributed by atoms with Gasteiger partial charge in [0.2, 0.25) is 5.91 Å². The van der Waals surface area contributed by atoms with Crippen molar-refractivity contribution < 1.29 is 4.79 Å². The van der Waals surface area contributed by atoms with Crippen LogP contribution in [0.4, 0.5) is 0 Å². The van der Waals surface area contributed by atoms with Gasteiger partial charge in [-0.1, -0.05) is 6.92 Å². The van der Waals surface area contributed by atoms with Gasteiger partial charge >= 0.3 is 0 Å². The predicted octanol–water partition coefficient (Wildman–Crippen LogP) is 1.38. The Morgan fingerprint density at radius 1 is 1.50 bits per heavy atom. The molecule has 4 heteroatoms. The third-order valence-corrected chi connectivity index (χ3v) is 2.08. The highest BCUT2D eigenvalue weighted by atomic mass is 16.2. The lowest BCUT2D eigenvalue weighted by Gasteiger charge is -2.25. The van der Waals surface area contributed by atoms with Gasteiger partial charge in [0.05, 0.1) is 18.5 Å². The van der Waals surface area contributed by atoms with Gasteiger partial charge in [-0.3, -0.25) is 9.69 Å². The first-order chi connectivity index (χ1) is 7.28. The van der Waals surface area contributed by atoms with Crippen LogP contribution in [0.1, 0.15) is 34.6 Å². The molecule has 1 amide bonds. The summed E-state index contributed by atoms with van der Waals surface area (Å²) >= 11 is 0. The van der Waals surface area contributed by atoms with E-state index in [-0.39, 0.29) is 17.4 Å². The van der Waals surface area contributed by atoms with Crippen LogP contribution < -0.4 is 5.32 Å². The lowest BCUT2D eigenvalue weighted by molar-refractivity contribution is -0.123. The third-order valence-electron chi connectivity index (χ3n) is 2.08. The second-order valence-electron chi connectivity index (χ2n) is 5.16. The molecule has 0 aliphatic carbocycles. The lowest BCUT2D eigenvalue weighted by Crippen LogP contribution is -2.46. The van der Waals surface area contributed by atoms with E-state index in [2.05, 4.69) is 11.4 Å². The summed E-state index contributed by atoms with van der Waals surface area (Å²) in [5.74, 6) is -0.0260. The quantitative estimate of drug-likeness (QED) is 0.769. The van der Waals surface area contributed by atoms with Gasteiger partial charge in [-0.2, -0.15) is 5.26 Å². The Bertz CT molecular complexity index is 262. The molecule has 4 nitrogen and oxygen atoms in total. The summed E-state index contributed by atoms with van der Waals surface area (Å²) in [5.41, 5.74) is -0.197. The molecule has 0 rings (SSSR count). The normalized spacial score (nSPS) is 13.3. The van der Waals surface area contributed by atoms with Crippen LogP contribution in [0.5, 0.6) is 0 Å². The molecule has 1 N–H and O–H groups in total. The first-order valence-electron chi connectivity index (χ1n) is 5.71. The van der Waals surface area contributed by atoms with Gasteiger partial charge in [0.25, 0.3) is 0 Å². The molecule has 0 heterocycles. The average molecular weight is 225 g/mol. The van der Waals surface area contributed by atoms with Crippen molar-refractivity contribution in [3.63, 3.8) is 0 Å². The Morgan fingerprint density at radius 2 is 2.06 bits per heavy atom. The maximum Gasteiger partial charge on any atom is 0.234 e. The Morgan fingerprint density at radius 3 is 2.44 bits per heavy atom. The number of hydrogen-bond donors (Lipinski definition) is 1. The molecule has 0 radical (unpaired) electrons. The zero-order valence-corrected chi connectivity index (χ0v) is 11.0. The van der Waals surface area contributed by atoms with E-state index in [1.807, 2.05) is 39.5 Å². The maximum atomic E-state index is 11.7. The van der Waals surface area contributed by atoms with Crippen molar-refractivity contribution in [1.29, 1.82) is 5.26 Å². The predicted molar refractivity (Wildman–Crippen MR) is 64.8 cm³/mol. The third kappa shape index (κ3) is 7.24. The van der Waals surface area contributed by atoms with Gasteiger partial charge in [0, 0.05) is 12.1 Å². The summed E-state index contributed by atoms with van der Waals surface area (Å²) in [5, 5.41) is 11.6. The van der Waals surface area contributed by atoms with E-state index >= 15 is 0 Å². The summed E-state index contributed by atoms with van der Waals surface area (Å²) in [7, 11) is 0. The van der Waals surface area contributed by atoms with Gasteiger partial charge in [-0.25, -0.2) is 0 Å². The minimum Gasteiger partial charge on any atom is -0.350 e. The van der Waals surface area contributed by atoms with E-state index in [1.54, 1.807) is 0 Å². The van der Waals surface area contributed by atoms with Crippen LogP contribution in [0.3, 0.4) is 0 Å². The molecule has 1 atom stereocenters. The molecule has 0 saturated carbocycles. The average Bonchev–Trinajstić information content (AvgIpc) is 2.13. The van der Waals surface area contributed by atoms with Gasteiger partial charge in [0.1, 0.15) is 0 Å². The summed E-state index contributed by atoms with van der Waals surface area (Å²) in [6, 6.07) is 2.18. The van der Waals surface area contributed by atoms with Crippen LogP contribution in [0.15, 0.2) is 0 Å². The number of hydrogen-bond acceptors (Lipinski definition) is 3. The van der Waals surface area contributed by atoms with Crippen LogP contribution in [-0.4, -0.2) is 36.0 Å². The highest BCUT2D eigenvalue weighted by molar-refractivity contribution is 5.78. The number of nitrogens with zero attached hydrogens (tertiary/aromatic N) is 2. The van der Waals surface area contributed by atoms with Crippen molar-refractivity contribution >= 4 is 5.91 Å². The van der Waals surface area contributed by atoms with Crippen molar-refractivity contribution in [2.24, 2.45) is 5.92 Å². The molecule has 92 valence electrons. The van der Waals surface area contributed by atoms with Crippen LogP contribution in [0.25, 0.3) is 0 Å². The van der Waals surface area contributed by atoms with Crippen molar-refractivity contribution in [1.82, 2.24) is 10.2 Å². The standard InChI is InChI=1S/C12H23N3O/c1-6-15(8-10(2)7-13)9-11(16)14-12(3,4)5/h10H,6,8-9H2,1-5H3,(H,14,16). The Hall–Kier alpha value is -1.08. The summed E-state index contributed by atoms with van der Waals surface area (Å²) < 4.78 is 0. The molecule has 0 fully saturated rings. The number of rotatable bonds is 5. The fourth-order valence-corrected chi connectivity index (χ4v) is 1.39. The number of carbonyl (C=O) groups is 1. The summed E-state index contributed by atoms with van der Waals surface area (Å²) in [6.07, 6.45) is 0. The molecule has 1 unspecified atom stereocenters. The van der Waals surface area contributed by atoms with E-state index < -0.39 is 0 Å². The van der Waals surface area contributed by atoms with Crippen molar-refractivity contribution in [2.75, 3.05) is 19.6 Å². The minimum atomic E-state index is -0.197. The van der Waals surface area contributed by atoms with Crippen molar-refractivity contribution in [3.05, 3.63) is 0 Å². The van der Waals surface area contributed by atoms with E-state index in [0.717, 1.165) is 6.54 Å². The van der Waals surface area contributed by atoms with E-state index in [9.17, 15) is 4.79 Å². The van der Waals surface area contributed by atoms with Crippen LogP contribution in [0.2, 0.25) is 0 Å². The topological polar surface area (TPSA) is 56.1 Å². The first-order valence-corrected chi connectivity index (χ1v) is 5.71. The SMILES string of the molecule is CCN(CC(=O)NC(C)(C)C)CC(C)C#N. The zero-order chi connectivity index (χ0) is 12.8. The Kier molecular flexibility index (Phi) is 6.05. The van der Waals surface area contributed by atoms with Gasteiger partial charge in [0.15, 0.2) is 0 Å². The highest BCUT2D eigenvalue weighted by Gasteiger charge is 2.17. The molecule has 16 heavy (non-hydrogen) atoms. The molecule has 0 aliphatic rings. The monoisotopic (exact) mass is 225 g/mol. The number of amides is 1. The van der Waals surface area contributed by atoms with E-state index in [4.69, 9.17) is 5.26 Å². The second kappa shape index (κ2) is 6.49. The molecule has 0 aromatic carbocycles. The molecular weight excluding hydrogens is 202 g/mol. The second-order valence-corrected chi connectivity index (χ2v) is 5.16. The Labute approximate surface area is 98.6 Å². The fraction of sp³-hybridized carbons (Fsp3) is 0.833. The molecule has 0 spiro atoms. The molecule has 0 bridgehead atoms. The smallest absolute Gasteiger partial charge is 0.234 e. The lowest BCUT2D eigenvalue weighted by atomic mass is 10.1. The number of carbonyl (C=O) groups excluding carboxylic acids is 1. The molecule has 0 aromatic rings. The molecular formula is C12H23N3O. The molecule has 0 aromatic heterocycles. The summed E-state index contributed by atoms with van der Waals surface area (Å²) in [6.45, 7) is 11.5. The number of likely N-dealkylation sites (N-methyl/N-ethyl adjacent to an activating group) is 1. The Balaban J connectivity index is 4.13. The molecule has 0 aliphatic heterocycles. The largest absolute Gasteiger partial charge is 0.350 e. The number of nitriles is 1. The zero-order valence-electron chi connectivity index (χ0n) is 11.0.